The van der Waals surface area contributed by atoms with Gasteiger partial charge in [0.1, 0.15) is 12.3 Å². The maximum atomic E-state index is 11.2. The van der Waals surface area contributed by atoms with Crippen LogP contribution in [0.1, 0.15) is 24.4 Å². The van der Waals surface area contributed by atoms with Crippen molar-refractivity contribution < 1.29 is 19.7 Å². The molecule has 2 saturated heterocycles. The molecule has 2 aromatic rings. The molecule has 1 aromatic heterocycles. The van der Waals surface area contributed by atoms with E-state index < -0.39 is 23.2 Å². The summed E-state index contributed by atoms with van der Waals surface area (Å²) < 4.78 is 11.5. The van der Waals surface area contributed by atoms with Crippen LogP contribution in [-0.4, -0.2) is 46.9 Å². The average molecular weight is 507 g/mol. The highest BCUT2D eigenvalue weighted by Gasteiger charge is 2.53. The lowest BCUT2D eigenvalue weighted by molar-refractivity contribution is -0.0702. The number of thioether (sulfide) groups is 1. The van der Waals surface area contributed by atoms with E-state index in [-0.39, 0.29) is 12.1 Å². The third kappa shape index (κ3) is 4.98. The highest BCUT2D eigenvalue weighted by atomic mass is 35.5. The number of aliphatic hydroxyl groups excluding tert-OH is 2. The Kier molecular flexibility index (Phi) is 7.04. The van der Waals surface area contributed by atoms with Crippen molar-refractivity contribution in [2.24, 2.45) is 5.92 Å². The SMILES string of the molecule is OC1CC(c2ccsc2)NC(O)C1C1(Cl)NC(OC2CCOC2)=CC=C1Sc1ccccc1. The number of halogens is 1. The molecule has 0 spiro atoms. The lowest BCUT2D eigenvalue weighted by Gasteiger charge is -2.48. The third-order valence-corrected chi connectivity index (χ3v) is 8.76. The zero-order chi connectivity index (χ0) is 22.8. The number of hydrogen-bond acceptors (Lipinski definition) is 8. The molecule has 0 saturated carbocycles. The maximum Gasteiger partial charge on any atom is 0.188 e. The number of benzene rings is 1. The van der Waals surface area contributed by atoms with Crippen molar-refractivity contribution >= 4 is 34.7 Å². The second-order valence-electron chi connectivity index (χ2n) is 8.47. The Bertz CT molecular complexity index is 985. The van der Waals surface area contributed by atoms with E-state index in [2.05, 4.69) is 10.6 Å². The van der Waals surface area contributed by atoms with E-state index in [0.29, 0.717) is 25.5 Å². The van der Waals surface area contributed by atoms with Gasteiger partial charge >= 0.3 is 0 Å². The first-order chi connectivity index (χ1) is 16.0. The second kappa shape index (κ2) is 10.00. The summed E-state index contributed by atoms with van der Waals surface area (Å²) in [6, 6.07) is 11.8. The Hall–Kier alpha value is -1.52. The Balaban J connectivity index is 1.42. The molecule has 0 radical (unpaired) electrons. The molecule has 6 unspecified atom stereocenters. The van der Waals surface area contributed by atoms with E-state index in [4.69, 9.17) is 21.1 Å². The van der Waals surface area contributed by atoms with E-state index in [9.17, 15) is 10.2 Å². The molecule has 6 nitrogen and oxygen atoms in total. The Labute approximate surface area is 206 Å². The smallest absolute Gasteiger partial charge is 0.188 e. The van der Waals surface area contributed by atoms with Crippen LogP contribution in [0, 0.1) is 5.92 Å². The lowest BCUT2D eigenvalue weighted by Crippen LogP contribution is -2.63. The van der Waals surface area contributed by atoms with Crippen LogP contribution in [0.5, 0.6) is 0 Å². The minimum atomic E-state index is -1.27. The van der Waals surface area contributed by atoms with E-state index in [1.54, 1.807) is 11.3 Å². The predicted molar refractivity (Wildman–Crippen MR) is 131 cm³/mol. The molecule has 9 heteroatoms. The number of thiophene rings is 1. The Morgan fingerprint density at radius 2 is 2.03 bits per heavy atom. The molecule has 1 aromatic carbocycles. The fraction of sp³-hybridized carbons (Fsp3) is 0.417. The van der Waals surface area contributed by atoms with Gasteiger partial charge < -0.3 is 25.0 Å². The summed E-state index contributed by atoms with van der Waals surface area (Å²) in [5, 5.41) is 33.0. The summed E-state index contributed by atoms with van der Waals surface area (Å²) in [5.74, 6) is -0.207. The van der Waals surface area contributed by atoms with Crippen LogP contribution in [0.2, 0.25) is 0 Å². The molecule has 2 fully saturated rings. The zero-order valence-corrected chi connectivity index (χ0v) is 20.3. The van der Waals surface area contributed by atoms with E-state index in [1.807, 2.05) is 59.3 Å². The molecule has 3 aliphatic heterocycles. The zero-order valence-electron chi connectivity index (χ0n) is 17.9. The first-order valence-corrected chi connectivity index (χ1v) is 13.2. The Morgan fingerprint density at radius 3 is 2.73 bits per heavy atom. The van der Waals surface area contributed by atoms with Gasteiger partial charge in [-0.3, -0.25) is 5.32 Å². The summed E-state index contributed by atoms with van der Waals surface area (Å²) in [6.45, 7) is 1.20. The fourth-order valence-corrected chi connectivity index (χ4v) is 6.82. The molecule has 0 amide bonds. The standard InChI is InChI=1S/C24H27ClN2O4S2/c25-24(22-19(28)12-18(26-23(22)29)15-9-11-32-14-15)20(33-17-4-2-1-3-5-17)6-7-21(27-24)31-16-8-10-30-13-16/h1-7,9,11,14,16,18-19,22-23,26-29H,8,10,12-13H2. The first-order valence-electron chi connectivity index (χ1n) is 11.0. The largest absolute Gasteiger partial charge is 0.473 e. The van der Waals surface area contributed by atoms with Crippen molar-refractivity contribution in [2.45, 2.75) is 47.2 Å². The number of hydrogen-bond donors (Lipinski definition) is 4. The maximum absolute atomic E-state index is 11.2. The van der Waals surface area contributed by atoms with Gasteiger partial charge in [-0.2, -0.15) is 11.3 Å². The van der Waals surface area contributed by atoms with Gasteiger partial charge in [-0.05, 0) is 53.1 Å². The number of allylic oxidation sites excluding steroid dienone is 2. The van der Waals surface area contributed by atoms with Crippen molar-refractivity contribution in [2.75, 3.05) is 13.2 Å². The molecule has 4 N–H and O–H groups in total. The number of nitrogens with one attached hydrogen (secondary N) is 2. The molecule has 5 rings (SSSR count). The van der Waals surface area contributed by atoms with E-state index in [0.717, 1.165) is 21.8 Å². The predicted octanol–water partition coefficient (Wildman–Crippen LogP) is 3.94. The van der Waals surface area contributed by atoms with Crippen LogP contribution in [0.4, 0.5) is 0 Å². The van der Waals surface area contributed by atoms with Crippen LogP contribution >= 0.6 is 34.7 Å². The van der Waals surface area contributed by atoms with Crippen LogP contribution < -0.4 is 10.6 Å². The minimum Gasteiger partial charge on any atom is -0.473 e. The molecule has 3 aliphatic rings. The Morgan fingerprint density at radius 1 is 1.18 bits per heavy atom. The van der Waals surface area contributed by atoms with Crippen LogP contribution in [0.15, 0.2) is 75.0 Å². The number of rotatable bonds is 6. The molecule has 0 aliphatic carbocycles. The van der Waals surface area contributed by atoms with Crippen molar-refractivity contribution in [1.29, 1.82) is 0 Å². The quantitative estimate of drug-likeness (QED) is 0.349. The van der Waals surface area contributed by atoms with Crippen LogP contribution in [0.25, 0.3) is 0 Å². The number of dihydropyridines is 1. The molecule has 4 heterocycles. The van der Waals surface area contributed by atoms with Crippen molar-refractivity contribution in [1.82, 2.24) is 10.6 Å². The lowest BCUT2D eigenvalue weighted by atomic mass is 9.81. The van der Waals surface area contributed by atoms with Crippen molar-refractivity contribution in [3.8, 4) is 0 Å². The van der Waals surface area contributed by atoms with E-state index in [1.165, 1.54) is 11.8 Å². The monoisotopic (exact) mass is 506 g/mol. The van der Waals surface area contributed by atoms with Gasteiger partial charge in [-0.25, -0.2) is 0 Å². The number of aliphatic hydroxyl groups is 2. The molecule has 33 heavy (non-hydrogen) atoms. The summed E-state index contributed by atoms with van der Waals surface area (Å²) >= 11 is 10.4. The normalized spacial score (nSPS) is 34.3. The van der Waals surface area contributed by atoms with Crippen LogP contribution in [0.3, 0.4) is 0 Å². The average Bonchev–Trinajstić information content (AvgIpc) is 3.50. The summed E-state index contributed by atoms with van der Waals surface area (Å²) in [5.41, 5.74) is 1.05. The summed E-state index contributed by atoms with van der Waals surface area (Å²) in [7, 11) is 0. The highest BCUT2D eigenvalue weighted by Crippen LogP contribution is 2.48. The van der Waals surface area contributed by atoms with Gasteiger partial charge in [0.05, 0.1) is 25.2 Å². The van der Waals surface area contributed by atoms with Gasteiger partial charge in [-0.1, -0.05) is 41.6 Å². The minimum absolute atomic E-state index is 0.0521. The summed E-state index contributed by atoms with van der Waals surface area (Å²) in [4.78, 5) is 0.529. The van der Waals surface area contributed by atoms with Crippen molar-refractivity contribution in [3.05, 3.63) is 75.7 Å². The highest BCUT2D eigenvalue weighted by molar-refractivity contribution is 8.03. The number of alkyl halides is 1. The molecule has 6 atom stereocenters. The van der Waals surface area contributed by atoms with Gasteiger partial charge in [0.2, 0.25) is 0 Å². The molecule has 176 valence electrons. The summed E-state index contributed by atoms with van der Waals surface area (Å²) in [6.07, 6.45) is 3.09. The molecule has 0 bridgehead atoms. The van der Waals surface area contributed by atoms with Gasteiger partial charge in [0.25, 0.3) is 0 Å². The number of ether oxygens (including phenoxy) is 2. The van der Waals surface area contributed by atoms with Gasteiger partial charge in [0, 0.05) is 22.3 Å². The van der Waals surface area contributed by atoms with Crippen molar-refractivity contribution in [3.63, 3.8) is 0 Å². The first kappa shape index (κ1) is 23.2. The third-order valence-electron chi connectivity index (χ3n) is 6.21. The molecular formula is C24H27ClN2O4S2. The van der Waals surface area contributed by atoms with Crippen LogP contribution in [-0.2, 0) is 9.47 Å². The van der Waals surface area contributed by atoms with E-state index >= 15 is 0 Å². The molecular weight excluding hydrogens is 480 g/mol. The second-order valence-corrected chi connectivity index (χ2v) is 11.0. The fourth-order valence-electron chi connectivity index (χ4n) is 4.55. The number of piperidine rings is 1. The van der Waals surface area contributed by atoms with Gasteiger partial charge in [0.15, 0.2) is 10.9 Å². The topological polar surface area (TPSA) is 83.0 Å². The van der Waals surface area contributed by atoms with Gasteiger partial charge in [-0.15, -0.1) is 0 Å².